The zero-order valence-corrected chi connectivity index (χ0v) is 9.94. The van der Waals surface area contributed by atoms with Crippen molar-refractivity contribution in [2.45, 2.75) is 26.2 Å². The van der Waals surface area contributed by atoms with E-state index in [0.29, 0.717) is 0 Å². The highest BCUT2D eigenvalue weighted by Crippen LogP contribution is 2.34. The first-order valence-corrected chi connectivity index (χ1v) is 7.38. The van der Waals surface area contributed by atoms with E-state index in [1.807, 2.05) is 24.3 Å². The summed E-state index contributed by atoms with van der Waals surface area (Å²) in [5, 5.41) is 0. The van der Waals surface area contributed by atoms with Gasteiger partial charge in [0.1, 0.15) is 8.77 Å². The van der Waals surface area contributed by atoms with E-state index < -0.39 is 8.77 Å². The zero-order chi connectivity index (χ0) is 10.7. The molecule has 0 aromatic carbocycles. The summed E-state index contributed by atoms with van der Waals surface area (Å²) in [5.41, 5.74) is -0.183. The Labute approximate surface area is 90.6 Å². The van der Waals surface area contributed by atoms with E-state index in [0.717, 1.165) is 19.3 Å². The third kappa shape index (κ3) is 3.52. The Balaban J connectivity index is 2.83. The molecule has 0 saturated heterocycles. The lowest BCUT2D eigenvalue weighted by Crippen LogP contribution is -2.28. The Hall–Kier alpha value is -0.190. The maximum Gasteiger partial charge on any atom is 0.142 e. The minimum absolute atomic E-state index is 0.183. The average Bonchev–Trinajstić information content (AvgIpc) is 2.02. The van der Waals surface area contributed by atoms with Crippen molar-refractivity contribution < 1.29 is 8.76 Å². The van der Waals surface area contributed by atoms with Crippen LogP contribution < -0.4 is 0 Å². The molecule has 0 amide bonds. The molecule has 1 N–H and O–H groups in total. The highest BCUT2D eigenvalue weighted by atomic mass is 32.8. The van der Waals surface area contributed by atoms with Crippen LogP contribution in [0.4, 0.5) is 0 Å². The van der Waals surface area contributed by atoms with Crippen molar-refractivity contribution in [2.75, 3.05) is 5.75 Å². The molecule has 0 aromatic heterocycles. The molecular formula is C10H16O2S2. The van der Waals surface area contributed by atoms with Crippen molar-refractivity contribution in [3.8, 4) is 0 Å². The zero-order valence-electron chi connectivity index (χ0n) is 8.31. The maximum atomic E-state index is 11.2. The molecule has 0 fully saturated rings. The minimum atomic E-state index is -3.06. The third-order valence-corrected chi connectivity index (χ3v) is 3.73. The van der Waals surface area contributed by atoms with Crippen LogP contribution in [0, 0.1) is 5.41 Å². The predicted octanol–water partition coefficient (Wildman–Crippen LogP) is 2.51. The smallest absolute Gasteiger partial charge is 0.142 e. The molecule has 2 nitrogen and oxygen atoms in total. The molecule has 1 aliphatic carbocycles. The number of hydrogen-bond donors (Lipinski definition) is 1. The van der Waals surface area contributed by atoms with Crippen molar-refractivity contribution >= 4 is 20.0 Å². The molecule has 1 rings (SSSR count). The summed E-state index contributed by atoms with van der Waals surface area (Å²) in [6, 6.07) is 0. The van der Waals surface area contributed by atoms with Crippen LogP contribution in [-0.4, -0.2) is 14.5 Å². The Morgan fingerprint density at radius 3 is 2.71 bits per heavy atom. The lowest BCUT2D eigenvalue weighted by atomic mass is 9.80. The summed E-state index contributed by atoms with van der Waals surface area (Å²) in [6.45, 7) is 2.08. The summed E-state index contributed by atoms with van der Waals surface area (Å²) < 4.78 is 20.5. The quantitative estimate of drug-likeness (QED) is 0.809. The molecule has 2 atom stereocenters. The van der Waals surface area contributed by atoms with E-state index in [9.17, 15) is 8.76 Å². The van der Waals surface area contributed by atoms with Crippen LogP contribution in [0.15, 0.2) is 24.3 Å². The van der Waals surface area contributed by atoms with E-state index in [1.54, 1.807) is 0 Å². The van der Waals surface area contributed by atoms with Gasteiger partial charge in [-0.15, -0.1) is 0 Å². The van der Waals surface area contributed by atoms with Gasteiger partial charge in [0.25, 0.3) is 0 Å². The van der Waals surface area contributed by atoms with Gasteiger partial charge in [0.05, 0.1) is 5.75 Å². The molecule has 4 heteroatoms. The molecule has 14 heavy (non-hydrogen) atoms. The summed E-state index contributed by atoms with van der Waals surface area (Å²) in [5.74, 6) is 0.198. The van der Waals surface area contributed by atoms with Crippen molar-refractivity contribution in [2.24, 2.45) is 5.41 Å². The second kappa shape index (κ2) is 4.55. The first kappa shape index (κ1) is 11.9. The van der Waals surface area contributed by atoms with E-state index in [2.05, 4.69) is 18.1 Å². The first-order valence-electron chi connectivity index (χ1n) is 4.77. The van der Waals surface area contributed by atoms with Crippen LogP contribution >= 0.6 is 0 Å². The topological polar surface area (TPSA) is 37.3 Å². The van der Waals surface area contributed by atoms with Crippen molar-refractivity contribution in [3.63, 3.8) is 0 Å². The van der Waals surface area contributed by atoms with Gasteiger partial charge in [0.2, 0.25) is 0 Å². The standard InChI is InChI=1S/C10H16O2S2/c1-2-6-10(9-14(11,12)13)7-4-3-5-8-10/h3-5,7H,2,6,8-9H2,1H3,(H,11,12,13). The van der Waals surface area contributed by atoms with E-state index in [-0.39, 0.29) is 11.2 Å². The summed E-state index contributed by atoms with van der Waals surface area (Å²) in [7, 11) is -3.06. The summed E-state index contributed by atoms with van der Waals surface area (Å²) in [6.07, 6.45) is 10.7. The molecule has 2 unspecified atom stereocenters. The van der Waals surface area contributed by atoms with Gasteiger partial charge in [-0.2, -0.15) is 0 Å². The van der Waals surface area contributed by atoms with Crippen LogP contribution in [0.25, 0.3) is 0 Å². The number of rotatable bonds is 4. The number of allylic oxidation sites excluding steroid dienone is 4. The van der Waals surface area contributed by atoms with Gasteiger partial charge < -0.3 is 4.55 Å². The predicted molar refractivity (Wildman–Crippen MR) is 63.2 cm³/mol. The molecule has 80 valence electrons. The number of hydrogen-bond acceptors (Lipinski definition) is 2. The van der Waals surface area contributed by atoms with E-state index in [1.165, 1.54) is 0 Å². The second-order valence-electron chi connectivity index (χ2n) is 3.83. The Bertz CT molecular complexity index is 341. The Kier molecular flexibility index (Phi) is 3.86. The molecule has 0 bridgehead atoms. The van der Waals surface area contributed by atoms with Crippen LogP contribution in [0.3, 0.4) is 0 Å². The molecule has 0 aliphatic heterocycles. The molecule has 1 aliphatic rings. The van der Waals surface area contributed by atoms with Gasteiger partial charge in [-0.3, -0.25) is 0 Å². The fourth-order valence-corrected chi connectivity index (χ4v) is 3.72. The fraction of sp³-hybridized carbons (Fsp3) is 0.600. The first-order chi connectivity index (χ1) is 6.47. The summed E-state index contributed by atoms with van der Waals surface area (Å²) in [4.78, 5) is 0. The van der Waals surface area contributed by atoms with Crippen molar-refractivity contribution in [1.29, 1.82) is 0 Å². The molecule has 0 heterocycles. The van der Waals surface area contributed by atoms with Crippen LogP contribution in [0.1, 0.15) is 26.2 Å². The molecular weight excluding hydrogens is 216 g/mol. The second-order valence-corrected chi connectivity index (χ2v) is 6.85. The van der Waals surface area contributed by atoms with Crippen molar-refractivity contribution in [3.05, 3.63) is 24.3 Å². The Morgan fingerprint density at radius 2 is 2.29 bits per heavy atom. The molecule has 0 spiro atoms. The third-order valence-electron chi connectivity index (χ3n) is 2.44. The van der Waals surface area contributed by atoms with Gasteiger partial charge in [0, 0.05) is 16.6 Å². The fourth-order valence-electron chi connectivity index (χ4n) is 1.93. The van der Waals surface area contributed by atoms with E-state index in [4.69, 9.17) is 0 Å². The van der Waals surface area contributed by atoms with Crippen LogP contribution in [0.2, 0.25) is 0 Å². The van der Waals surface area contributed by atoms with E-state index >= 15 is 0 Å². The van der Waals surface area contributed by atoms with Gasteiger partial charge in [-0.1, -0.05) is 37.6 Å². The maximum absolute atomic E-state index is 11.2. The monoisotopic (exact) mass is 232 g/mol. The Morgan fingerprint density at radius 1 is 1.57 bits per heavy atom. The van der Waals surface area contributed by atoms with Crippen LogP contribution in [0.5, 0.6) is 0 Å². The minimum Gasteiger partial charge on any atom is -0.306 e. The van der Waals surface area contributed by atoms with Gasteiger partial charge >= 0.3 is 0 Å². The van der Waals surface area contributed by atoms with Gasteiger partial charge in [-0.05, 0) is 12.8 Å². The lowest BCUT2D eigenvalue weighted by Gasteiger charge is -2.30. The summed E-state index contributed by atoms with van der Waals surface area (Å²) >= 11 is 4.58. The average molecular weight is 232 g/mol. The highest BCUT2D eigenvalue weighted by Gasteiger charge is 2.29. The molecule has 0 radical (unpaired) electrons. The van der Waals surface area contributed by atoms with Gasteiger partial charge in [0.15, 0.2) is 0 Å². The largest absolute Gasteiger partial charge is 0.306 e. The molecule has 0 saturated carbocycles. The highest BCUT2D eigenvalue weighted by molar-refractivity contribution is 8.29. The molecule has 0 aromatic rings. The van der Waals surface area contributed by atoms with Gasteiger partial charge in [-0.25, -0.2) is 4.21 Å². The lowest BCUT2D eigenvalue weighted by molar-refractivity contribution is 0.384. The SMILES string of the molecule is CCCC1(CS(=O)(O)=S)C=CC=CC1. The van der Waals surface area contributed by atoms with Crippen LogP contribution in [-0.2, 0) is 20.0 Å². The van der Waals surface area contributed by atoms with Crippen molar-refractivity contribution in [1.82, 2.24) is 0 Å². The normalized spacial score (nSPS) is 30.1.